The fourth-order valence-corrected chi connectivity index (χ4v) is 1.19. The average Bonchev–Trinajstić information content (AvgIpc) is 2.25. The van der Waals surface area contributed by atoms with Crippen LogP contribution in [0.15, 0.2) is 12.1 Å². The van der Waals surface area contributed by atoms with Gasteiger partial charge in [0.15, 0.2) is 0 Å². The van der Waals surface area contributed by atoms with E-state index in [9.17, 15) is 56.7 Å². The molecule has 0 aromatic heterocycles. The Hall–Kier alpha value is -1.39. The quantitative estimate of drug-likeness (QED) is 0.423. The summed E-state index contributed by atoms with van der Waals surface area (Å²) in [5.41, 5.74) is 0. The molecule has 0 saturated carbocycles. The number of alkyl halides is 8. The van der Waals surface area contributed by atoms with E-state index in [0.717, 1.165) is 0 Å². The summed E-state index contributed by atoms with van der Waals surface area (Å²) >= 11 is 0. The highest BCUT2D eigenvalue weighted by molar-refractivity contribution is 7.87. The summed E-state index contributed by atoms with van der Waals surface area (Å²) < 4.78 is 165. The molecule has 0 unspecified atom stereocenters. The topological polar surface area (TPSA) is 63.6 Å². The van der Waals surface area contributed by atoms with Crippen molar-refractivity contribution in [1.82, 2.24) is 0 Å². The lowest BCUT2D eigenvalue weighted by atomic mass is 10.1. The summed E-state index contributed by atoms with van der Waals surface area (Å²) in [6.07, 6.45) is -10.9. The van der Waals surface area contributed by atoms with E-state index in [-0.39, 0.29) is 4.70 Å². The highest BCUT2D eigenvalue weighted by Crippen LogP contribution is 2.54. The lowest BCUT2D eigenvalue weighted by molar-refractivity contribution is -0.413. The van der Waals surface area contributed by atoms with Gasteiger partial charge in [0.05, 0.1) is 0 Å². The summed E-state index contributed by atoms with van der Waals surface area (Å²) in [5, 5.41) is -7.19. The normalized spacial score (nSPS) is 14.1. The Balaban J connectivity index is 0. The molecule has 1 N–H and O–H groups in total. The molecule has 0 aromatic carbocycles. The molecule has 0 spiro atoms. The van der Waals surface area contributed by atoms with Gasteiger partial charge in [-0.15, -0.1) is 0 Å². The molecule has 0 radical (unpaired) electrons. The maximum absolute atomic E-state index is 12.7. The number of hydrogen-bond donors (Lipinski definition) is 1. The van der Waals surface area contributed by atoms with E-state index in [1.165, 1.54) is 0 Å². The first-order valence-electron chi connectivity index (χ1n) is 4.21. The Morgan fingerprint density at radius 1 is 0.826 bits per heavy atom. The standard InChI is InChI=1S/C6HF11O4S.FH/c7-1(8)2(9)21-5(14,15)3(10,11)4(12,13)6(16,17)22(18,19)20;/h(H,18,19,20);1H. The molecule has 0 fully saturated rings. The Morgan fingerprint density at radius 3 is 1.43 bits per heavy atom. The summed E-state index contributed by atoms with van der Waals surface area (Å²) in [7, 11) is -7.35. The van der Waals surface area contributed by atoms with Gasteiger partial charge in [-0.1, -0.05) is 0 Å². The van der Waals surface area contributed by atoms with Gasteiger partial charge in [-0.2, -0.15) is 56.7 Å². The molecule has 0 aliphatic carbocycles. The van der Waals surface area contributed by atoms with Gasteiger partial charge >= 0.3 is 45.4 Å². The third-order valence-corrected chi connectivity index (χ3v) is 2.72. The van der Waals surface area contributed by atoms with Crippen LogP contribution in [0, 0.1) is 0 Å². The summed E-state index contributed by atoms with van der Waals surface area (Å²) in [6, 6.07) is -3.81. The van der Waals surface area contributed by atoms with Crippen molar-refractivity contribution in [1.29, 1.82) is 0 Å². The monoisotopic (exact) mass is 398 g/mol. The van der Waals surface area contributed by atoms with Crippen LogP contribution in [0.1, 0.15) is 0 Å². The highest BCUT2D eigenvalue weighted by Gasteiger charge is 2.86. The van der Waals surface area contributed by atoms with Gasteiger partial charge in [0.2, 0.25) is 0 Å². The van der Waals surface area contributed by atoms with Crippen LogP contribution in [0.3, 0.4) is 0 Å². The van der Waals surface area contributed by atoms with Crippen molar-refractivity contribution < 1.29 is 70.7 Å². The van der Waals surface area contributed by atoms with Crippen molar-refractivity contribution in [3.8, 4) is 0 Å². The molecular weight excluding hydrogens is 396 g/mol. The molecule has 0 atom stereocenters. The van der Waals surface area contributed by atoms with Crippen molar-refractivity contribution in [3.05, 3.63) is 12.1 Å². The predicted octanol–water partition coefficient (Wildman–Crippen LogP) is 3.53. The van der Waals surface area contributed by atoms with E-state index in [1.807, 2.05) is 4.74 Å². The first-order chi connectivity index (χ1) is 9.33. The minimum absolute atomic E-state index is 0. The summed E-state index contributed by atoms with van der Waals surface area (Å²) in [4.78, 5) is 0. The zero-order valence-corrected chi connectivity index (χ0v) is 10.5. The number of hydrogen-bond acceptors (Lipinski definition) is 3. The first-order valence-corrected chi connectivity index (χ1v) is 5.65. The summed E-state index contributed by atoms with van der Waals surface area (Å²) in [5.74, 6) is -15.1. The molecule has 140 valence electrons. The number of ether oxygens (including phenoxy) is 1. The third kappa shape index (κ3) is 3.75. The van der Waals surface area contributed by atoms with Crippen molar-refractivity contribution in [2.75, 3.05) is 0 Å². The Labute approximate surface area is 117 Å². The Kier molecular flexibility index (Phi) is 6.49. The van der Waals surface area contributed by atoms with Crippen molar-refractivity contribution >= 4 is 10.1 Å². The second-order valence-corrected chi connectivity index (χ2v) is 4.76. The van der Waals surface area contributed by atoms with Gasteiger partial charge in [0, 0.05) is 0 Å². The minimum atomic E-state index is -7.58. The van der Waals surface area contributed by atoms with Crippen LogP contribution >= 0.6 is 0 Å². The van der Waals surface area contributed by atoms with Crippen LogP contribution in [-0.4, -0.2) is 36.2 Å². The van der Waals surface area contributed by atoms with E-state index in [1.54, 1.807) is 0 Å². The van der Waals surface area contributed by atoms with Crippen LogP contribution in [0.2, 0.25) is 0 Å². The molecule has 0 aromatic rings. The van der Waals surface area contributed by atoms with Crippen molar-refractivity contribution in [2.24, 2.45) is 0 Å². The van der Waals surface area contributed by atoms with Crippen LogP contribution in [0.25, 0.3) is 0 Å². The molecular formula is C6H2F12O4S. The molecule has 0 saturated heterocycles. The van der Waals surface area contributed by atoms with E-state index in [4.69, 9.17) is 4.55 Å². The minimum Gasteiger partial charge on any atom is -0.397 e. The van der Waals surface area contributed by atoms with Crippen molar-refractivity contribution in [3.63, 3.8) is 0 Å². The fraction of sp³-hybridized carbons (Fsp3) is 0.667. The molecule has 4 nitrogen and oxygen atoms in total. The lowest BCUT2D eigenvalue weighted by Gasteiger charge is -2.34. The smallest absolute Gasteiger partial charge is 0.397 e. The molecule has 23 heavy (non-hydrogen) atoms. The molecule has 17 heteroatoms. The second-order valence-electron chi connectivity index (χ2n) is 3.29. The van der Waals surface area contributed by atoms with E-state index >= 15 is 0 Å². The lowest BCUT2D eigenvalue weighted by Crippen LogP contribution is -2.64. The molecule has 0 aliphatic rings. The first kappa shape index (κ1) is 23.9. The van der Waals surface area contributed by atoms with Gasteiger partial charge in [-0.05, 0) is 0 Å². The van der Waals surface area contributed by atoms with E-state index in [2.05, 4.69) is 0 Å². The molecule has 0 rings (SSSR count). The maximum atomic E-state index is 12.7. The Morgan fingerprint density at radius 2 is 1.17 bits per heavy atom. The van der Waals surface area contributed by atoms with Crippen LogP contribution in [0.5, 0.6) is 0 Å². The number of halogens is 12. The van der Waals surface area contributed by atoms with E-state index < -0.39 is 45.4 Å². The molecule has 0 heterocycles. The van der Waals surface area contributed by atoms with Crippen LogP contribution in [-0.2, 0) is 14.9 Å². The van der Waals surface area contributed by atoms with Crippen LogP contribution in [0.4, 0.5) is 53.0 Å². The molecule has 0 bridgehead atoms. The Bertz CT molecular complexity index is 562. The molecule has 0 amide bonds. The SMILES string of the molecule is F.O=S(=O)(O)C(F)(F)C(F)(F)C(F)(F)C(F)(F)OC(F)=C(F)F. The largest absolute Gasteiger partial charge is 0.473 e. The predicted molar refractivity (Wildman–Crippen MR) is 45.3 cm³/mol. The van der Waals surface area contributed by atoms with Gasteiger partial charge in [0.1, 0.15) is 0 Å². The zero-order valence-electron chi connectivity index (χ0n) is 9.65. The highest BCUT2D eigenvalue weighted by atomic mass is 32.2. The summed E-state index contributed by atoms with van der Waals surface area (Å²) in [6.45, 7) is 0. The number of rotatable bonds is 6. The molecule has 0 aliphatic heterocycles. The average molecular weight is 398 g/mol. The third-order valence-electron chi connectivity index (χ3n) is 1.82. The second kappa shape index (κ2) is 6.25. The maximum Gasteiger partial charge on any atom is 0.473 e. The van der Waals surface area contributed by atoms with Gasteiger partial charge in [0.25, 0.3) is 0 Å². The van der Waals surface area contributed by atoms with Gasteiger partial charge in [-0.3, -0.25) is 9.26 Å². The van der Waals surface area contributed by atoms with E-state index in [0.29, 0.717) is 0 Å². The zero-order chi connectivity index (χ0) is 18.4. The van der Waals surface area contributed by atoms with Gasteiger partial charge in [-0.25, -0.2) is 0 Å². The fourth-order valence-electron chi connectivity index (χ4n) is 0.743. The van der Waals surface area contributed by atoms with Crippen molar-refractivity contribution in [2.45, 2.75) is 23.2 Å². The van der Waals surface area contributed by atoms with Crippen LogP contribution < -0.4 is 0 Å². The van der Waals surface area contributed by atoms with Gasteiger partial charge < -0.3 is 4.74 Å².